The Morgan fingerprint density at radius 2 is 1.89 bits per heavy atom. The van der Waals surface area contributed by atoms with Crippen LogP contribution in [0, 0.1) is 5.92 Å². The van der Waals surface area contributed by atoms with Crippen LogP contribution in [0.1, 0.15) is 18.4 Å². The highest BCUT2D eigenvalue weighted by atomic mass is 35.5. The molecule has 6 heteroatoms. The van der Waals surface area contributed by atoms with E-state index in [0.717, 1.165) is 5.69 Å². The van der Waals surface area contributed by atoms with E-state index in [2.05, 4.69) is 0 Å². The number of halogens is 4. The van der Waals surface area contributed by atoms with E-state index in [4.69, 9.17) is 16.7 Å². The number of aliphatic hydroxyl groups excluding tert-OH is 1. The molecule has 1 aromatic carbocycles. The lowest BCUT2D eigenvalue weighted by Gasteiger charge is -2.34. The van der Waals surface area contributed by atoms with Crippen LogP contribution in [-0.2, 0) is 6.61 Å². The molecule has 0 aromatic heterocycles. The number of nitrogens with zero attached hydrogens (tertiary/aromatic N) is 1. The molecule has 106 valence electrons. The lowest BCUT2D eigenvalue weighted by molar-refractivity contribution is -0.179. The van der Waals surface area contributed by atoms with Crippen molar-refractivity contribution in [3.8, 4) is 0 Å². The summed E-state index contributed by atoms with van der Waals surface area (Å²) in [5, 5.41) is 9.61. The zero-order valence-electron chi connectivity index (χ0n) is 10.3. The predicted molar refractivity (Wildman–Crippen MR) is 68.4 cm³/mol. The van der Waals surface area contributed by atoms with Crippen molar-refractivity contribution >= 4 is 17.3 Å². The van der Waals surface area contributed by atoms with Gasteiger partial charge in [-0.3, -0.25) is 0 Å². The van der Waals surface area contributed by atoms with Crippen molar-refractivity contribution in [1.82, 2.24) is 0 Å². The predicted octanol–water partition coefficient (Wildman–Crippen LogP) is 3.61. The maximum atomic E-state index is 12.6. The van der Waals surface area contributed by atoms with Gasteiger partial charge in [-0.1, -0.05) is 11.6 Å². The van der Waals surface area contributed by atoms with Crippen molar-refractivity contribution < 1.29 is 18.3 Å². The SMILES string of the molecule is OCc1cc(N2CCC(C(F)(F)F)CC2)ccc1Cl. The number of benzene rings is 1. The van der Waals surface area contributed by atoms with Crippen LogP contribution in [0.5, 0.6) is 0 Å². The van der Waals surface area contributed by atoms with Crippen molar-refractivity contribution in [2.24, 2.45) is 5.92 Å². The second-order valence-corrected chi connectivity index (χ2v) is 5.14. The van der Waals surface area contributed by atoms with Gasteiger partial charge in [0.15, 0.2) is 0 Å². The van der Waals surface area contributed by atoms with Gasteiger partial charge >= 0.3 is 6.18 Å². The summed E-state index contributed by atoms with van der Waals surface area (Å²) >= 11 is 5.89. The maximum Gasteiger partial charge on any atom is 0.391 e. The highest BCUT2D eigenvalue weighted by molar-refractivity contribution is 6.31. The van der Waals surface area contributed by atoms with Crippen molar-refractivity contribution in [1.29, 1.82) is 0 Å². The van der Waals surface area contributed by atoms with Gasteiger partial charge in [0.25, 0.3) is 0 Å². The molecule has 0 bridgehead atoms. The van der Waals surface area contributed by atoms with Crippen molar-refractivity contribution in [3.63, 3.8) is 0 Å². The van der Waals surface area contributed by atoms with Gasteiger partial charge < -0.3 is 10.0 Å². The number of rotatable bonds is 2. The average Bonchev–Trinajstić information content (AvgIpc) is 2.38. The van der Waals surface area contributed by atoms with Gasteiger partial charge in [-0.2, -0.15) is 13.2 Å². The molecule has 1 aliphatic heterocycles. The van der Waals surface area contributed by atoms with Crippen LogP contribution in [0.3, 0.4) is 0 Å². The van der Waals surface area contributed by atoms with Gasteiger partial charge in [0.2, 0.25) is 0 Å². The Balaban J connectivity index is 2.05. The van der Waals surface area contributed by atoms with Gasteiger partial charge in [0, 0.05) is 23.8 Å². The van der Waals surface area contributed by atoms with Crippen molar-refractivity contribution in [2.75, 3.05) is 18.0 Å². The van der Waals surface area contributed by atoms with E-state index in [-0.39, 0.29) is 19.4 Å². The quantitative estimate of drug-likeness (QED) is 0.900. The summed E-state index contributed by atoms with van der Waals surface area (Å²) in [7, 11) is 0. The third-order valence-electron chi connectivity index (χ3n) is 3.52. The van der Waals surface area contributed by atoms with Gasteiger partial charge in [0.1, 0.15) is 0 Å². The van der Waals surface area contributed by atoms with Crippen LogP contribution in [-0.4, -0.2) is 24.4 Å². The Labute approximate surface area is 114 Å². The molecule has 0 saturated carbocycles. The van der Waals surface area contributed by atoms with E-state index in [1.54, 1.807) is 18.2 Å². The molecule has 0 amide bonds. The van der Waals surface area contributed by atoms with Gasteiger partial charge in [0.05, 0.1) is 12.5 Å². The summed E-state index contributed by atoms with van der Waals surface area (Å²) in [5.74, 6) is -1.20. The molecule has 1 heterocycles. The smallest absolute Gasteiger partial charge is 0.391 e. The third kappa shape index (κ3) is 3.34. The second kappa shape index (κ2) is 5.59. The normalized spacial score (nSPS) is 17.8. The van der Waals surface area contributed by atoms with Crippen LogP contribution < -0.4 is 4.90 Å². The van der Waals surface area contributed by atoms with Crippen LogP contribution >= 0.6 is 11.6 Å². The monoisotopic (exact) mass is 293 g/mol. The lowest BCUT2D eigenvalue weighted by Crippen LogP contribution is -2.39. The molecular weight excluding hydrogens is 279 g/mol. The number of aliphatic hydroxyl groups is 1. The summed E-state index contributed by atoms with van der Waals surface area (Å²) < 4.78 is 37.7. The van der Waals surface area contributed by atoms with Crippen molar-refractivity contribution in [2.45, 2.75) is 25.6 Å². The van der Waals surface area contributed by atoms with Crippen LogP contribution in [0.15, 0.2) is 18.2 Å². The maximum absolute atomic E-state index is 12.6. The van der Waals surface area contributed by atoms with Gasteiger partial charge in [-0.05, 0) is 36.6 Å². The zero-order valence-corrected chi connectivity index (χ0v) is 11.0. The van der Waals surface area contributed by atoms with Crippen LogP contribution in [0.25, 0.3) is 0 Å². The molecular formula is C13H15ClF3NO. The summed E-state index contributed by atoms with van der Waals surface area (Å²) in [6.45, 7) is 0.568. The lowest BCUT2D eigenvalue weighted by atomic mass is 9.96. The Bertz CT molecular complexity index is 442. The Morgan fingerprint density at radius 1 is 1.26 bits per heavy atom. The molecule has 1 saturated heterocycles. The first-order valence-corrected chi connectivity index (χ1v) is 6.50. The number of anilines is 1. The summed E-state index contributed by atoms with van der Waals surface area (Å²) in [4.78, 5) is 1.90. The summed E-state index contributed by atoms with van der Waals surface area (Å²) in [6, 6.07) is 5.17. The van der Waals surface area contributed by atoms with Gasteiger partial charge in [-0.15, -0.1) is 0 Å². The fraction of sp³-hybridized carbons (Fsp3) is 0.538. The average molecular weight is 294 g/mol. The van der Waals surface area contributed by atoms with E-state index < -0.39 is 12.1 Å². The first-order valence-electron chi connectivity index (χ1n) is 6.12. The standard InChI is InChI=1S/C13H15ClF3NO/c14-12-2-1-11(7-9(12)8-19)18-5-3-10(4-6-18)13(15,16)17/h1-2,7,10,19H,3-6,8H2. The van der Waals surface area contributed by atoms with E-state index in [9.17, 15) is 13.2 Å². The van der Waals surface area contributed by atoms with Gasteiger partial charge in [-0.25, -0.2) is 0 Å². The molecule has 0 atom stereocenters. The highest BCUT2D eigenvalue weighted by Gasteiger charge is 2.41. The van der Waals surface area contributed by atoms with Crippen molar-refractivity contribution in [3.05, 3.63) is 28.8 Å². The molecule has 1 N–H and O–H groups in total. The number of hydrogen-bond donors (Lipinski definition) is 1. The van der Waals surface area contributed by atoms with Crippen LogP contribution in [0.4, 0.5) is 18.9 Å². The molecule has 0 aliphatic carbocycles. The minimum atomic E-state index is -4.09. The summed E-state index contributed by atoms with van der Waals surface area (Å²) in [5.41, 5.74) is 1.41. The molecule has 1 fully saturated rings. The minimum Gasteiger partial charge on any atom is -0.392 e. The van der Waals surface area contributed by atoms with E-state index in [0.29, 0.717) is 23.7 Å². The molecule has 19 heavy (non-hydrogen) atoms. The Morgan fingerprint density at radius 3 is 2.42 bits per heavy atom. The molecule has 1 aromatic rings. The number of hydrogen-bond acceptors (Lipinski definition) is 2. The van der Waals surface area contributed by atoms with E-state index in [1.165, 1.54) is 0 Å². The Hall–Kier alpha value is -0.940. The van der Waals surface area contributed by atoms with E-state index >= 15 is 0 Å². The first-order chi connectivity index (χ1) is 8.91. The molecule has 0 spiro atoms. The fourth-order valence-corrected chi connectivity index (χ4v) is 2.52. The minimum absolute atomic E-state index is 0.112. The molecule has 0 radical (unpaired) electrons. The topological polar surface area (TPSA) is 23.5 Å². The first kappa shape index (κ1) is 14.5. The highest BCUT2D eigenvalue weighted by Crippen LogP contribution is 2.35. The van der Waals surface area contributed by atoms with E-state index in [1.807, 2.05) is 4.90 Å². The number of alkyl halides is 3. The molecule has 2 nitrogen and oxygen atoms in total. The fourth-order valence-electron chi connectivity index (χ4n) is 2.34. The van der Waals surface area contributed by atoms with Crippen LogP contribution in [0.2, 0.25) is 5.02 Å². The summed E-state index contributed by atoms with van der Waals surface area (Å²) in [6.07, 6.45) is -3.87. The third-order valence-corrected chi connectivity index (χ3v) is 3.89. The largest absolute Gasteiger partial charge is 0.392 e. The number of piperidine rings is 1. The second-order valence-electron chi connectivity index (χ2n) is 4.74. The zero-order chi connectivity index (χ0) is 14.0. The molecule has 0 unspecified atom stereocenters. The Kier molecular flexibility index (Phi) is 4.26. The molecule has 1 aliphatic rings. The molecule has 2 rings (SSSR count).